The van der Waals surface area contributed by atoms with E-state index >= 15 is 0 Å². The molecule has 1 N–H and O–H groups in total. The van der Waals surface area contributed by atoms with Gasteiger partial charge in [0, 0.05) is 5.70 Å². The van der Waals surface area contributed by atoms with Crippen LogP contribution in [0.25, 0.3) is 0 Å². The number of nitrogens with one attached hydrogen (secondary N) is 1. The maximum Gasteiger partial charge on any atom is 0.338 e. The summed E-state index contributed by atoms with van der Waals surface area (Å²) in [6, 6.07) is 4.99. The minimum absolute atomic E-state index is 0.120. The van der Waals surface area contributed by atoms with E-state index in [1.54, 1.807) is 25.0 Å². The Labute approximate surface area is 173 Å². The number of rotatable bonds is 8. The molecule has 1 aliphatic heterocycles. The number of aromatic nitrogens is 3. The number of methoxy groups -OCH3 is 2. The summed E-state index contributed by atoms with van der Waals surface area (Å²) in [6.45, 7) is 7.58. The molecule has 1 unspecified atom stereocenters. The Morgan fingerprint density at radius 2 is 2.10 bits per heavy atom. The summed E-state index contributed by atoms with van der Waals surface area (Å²) in [5.41, 5.74) is 1.91. The number of carbonyl (C=O) groups is 1. The van der Waals surface area contributed by atoms with Crippen molar-refractivity contribution in [3.05, 3.63) is 47.7 Å². The third-order valence-corrected chi connectivity index (χ3v) is 5.10. The van der Waals surface area contributed by atoms with Crippen LogP contribution in [0, 0.1) is 0 Å². The molecule has 2 heterocycles. The Kier molecular flexibility index (Phi) is 6.48. The first kappa shape index (κ1) is 20.8. The largest absolute Gasteiger partial charge is 0.493 e. The molecule has 1 atom stereocenters. The van der Waals surface area contributed by atoms with E-state index < -0.39 is 12.0 Å². The quantitative estimate of drug-likeness (QED) is 0.398. The van der Waals surface area contributed by atoms with E-state index in [1.807, 2.05) is 26.0 Å². The lowest BCUT2D eigenvalue weighted by Crippen LogP contribution is -2.29. The first-order valence-corrected chi connectivity index (χ1v) is 10.1. The van der Waals surface area contributed by atoms with Crippen LogP contribution in [0.5, 0.6) is 11.5 Å². The molecule has 0 saturated carbocycles. The molecule has 0 spiro atoms. The topological polar surface area (TPSA) is 87.5 Å². The maximum atomic E-state index is 12.9. The van der Waals surface area contributed by atoms with E-state index in [0.29, 0.717) is 33.9 Å². The summed E-state index contributed by atoms with van der Waals surface area (Å²) in [4.78, 5) is 17.4. The van der Waals surface area contributed by atoms with Crippen molar-refractivity contribution in [2.45, 2.75) is 25.0 Å². The zero-order valence-corrected chi connectivity index (χ0v) is 17.7. The molecule has 0 bridgehead atoms. The Balaban J connectivity index is 2.14. The number of nitrogens with zero attached hydrogens (tertiary/aromatic N) is 3. The van der Waals surface area contributed by atoms with E-state index in [1.165, 1.54) is 17.8 Å². The number of ether oxygens (including phenoxy) is 3. The van der Waals surface area contributed by atoms with Gasteiger partial charge < -0.3 is 19.5 Å². The molecule has 0 radical (unpaired) electrons. The van der Waals surface area contributed by atoms with Gasteiger partial charge in [0.05, 0.1) is 19.8 Å². The van der Waals surface area contributed by atoms with Crippen molar-refractivity contribution in [2.24, 2.45) is 0 Å². The van der Waals surface area contributed by atoms with Crippen LogP contribution in [0.15, 0.2) is 47.3 Å². The number of hydrogen-bond acceptors (Lipinski definition) is 8. The number of benzene rings is 1. The zero-order valence-electron chi connectivity index (χ0n) is 16.9. The van der Waals surface area contributed by atoms with Gasteiger partial charge in [-0.2, -0.15) is 4.98 Å². The predicted octanol–water partition coefficient (Wildman–Crippen LogP) is 3.43. The van der Waals surface area contributed by atoms with Crippen LogP contribution in [0.3, 0.4) is 0 Å². The van der Waals surface area contributed by atoms with Crippen LogP contribution >= 0.6 is 11.8 Å². The number of carbonyl (C=O) groups excluding carboxylic acids is 1. The normalized spacial score (nSPS) is 15.4. The monoisotopic (exact) mass is 416 g/mol. The molecule has 3 rings (SSSR count). The molecule has 1 aliphatic rings. The van der Waals surface area contributed by atoms with Gasteiger partial charge in [-0.05, 0) is 30.4 Å². The van der Waals surface area contributed by atoms with Gasteiger partial charge >= 0.3 is 5.97 Å². The number of fused-ring (bicyclic) bond motifs is 1. The molecule has 0 saturated heterocycles. The molecule has 9 heteroatoms. The van der Waals surface area contributed by atoms with Crippen LogP contribution in [0.2, 0.25) is 0 Å². The highest BCUT2D eigenvalue weighted by atomic mass is 32.2. The third kappa shape index (κ3) is 4.09. The third-order valence-electron chi connectivity index (χ3n) is 4.38. The maximum absolute atomic E-state index is 12.9. The van der Waals surface area contributed by atoms with E-state index in [9.17, 15) is 4.79 Å². The molecule has 1 aromatic heterocycles. The summed E-state index contributed by atoms with van der Waals surface area (Å²) in [5, 5.41) is 8.42. The van der Waals surface area contributed by atoms with Crippen molar-refractivity contribution in [2.75, 3.05) is 31.9 Å². The lowest BCUT2D eigenvalue weighted by atomic mass is 9.95. The van der Waals surface area contributed by atoms with Crippen LogP contribution < -0.4 is 14.8 Å². The van der Waals surface area contributed by atoms with Gasteiger partial charge in [0.2, 0.25) is 11.1 Å². The van der Waals surface area contributed by atoms with Crippen LogP contribution in [0.4, 0.5) is 5.95 Å². The fourth-order valence-corrected chi connectivity index (χ4v) is 3.68. The Hall–Kier alpha value is -2.94. The minimum atomic E-state index is -0.526. The molecule has 1 aromatic carbocycles. The average Bonchev–Trinajstić information content (AvgIpc) is 3.12. The van der Waals surface area contributed by atoms with Crippen LogP contribution in [-0.2, 0) is 9.53 Å². The lowest BCUT2D eigenvalue weighted by Gasteiger charge is -2.28. The first-order valence-electron chi connectivity index (χ1n) is 9.11. The first-order chi connectivity index (χ1) is 14.0. The van der Waals surface area contributed by atoms with E-state index in [-0.39, 0.29) is 6.61 Å². The number of hydrogen-bond donors (Lipinski definition) is 1. The standard InChI is InChI=1S/C20H24N4O4S/c1-6-10-28-18(25)16-12(3)21-19-22-20(29-7-2)23-24(19)17(16)13-8-9-14(26-4)15(11-13)27-5/h6,8-9,11,17H,1,7,10H2,2-5H3,(H,21,22,23). The van der Waals surface area contributed by atoms with E-state index in [4.69, 9.17) is 14.2 Å². The zero-order chi connectivity index (χ0) is 21.0. The van der Waals surface area contributed by atoms with E-state index in [0.717, 1.165) is 11.3 Å². The summed E-state index contributed by atoms with van der Waals surface area (Å²) in [7, 11) is 3.15. The predicted molar refractivity (Wildman–Crippen MR) is 112 cm³/mol. The van der Waals surface area contributed by atoms with Crippen molar-refractivity contribution in [3.63, 3.8) is 0 Å². The summed E-state index contributed by atoms with van der Waals surface area (Å²) in [6.07, 6.45) is 1.53. The molecule has 0 amide bonds. The highest BCUT2D eigenvalue weighted by Gasteiger charge is 2.35. The van der Waals surface area contributed by atoms with Gasteiger partial charge in [0.1, 0.15) is 12.6 Å². The molecule has 0 fully saturated rings. The van der Waals surface area contributed by atoms with Crippen LogP contribution in [-0.4, -0.2) is 47.3 Å². The van der Waals surface area contributed by atoms with Crippen molar-refractivity contribution in [1.82, 2.24) is 14.8 Å². The van der Waals surface area contributed by atoms with Crippen LogP contribution in [0.1, 0.15) is 25.5 Å². The fourth-order valence-electron chi connectivity index (χ4n) is 3.13. The van der Waals surface area contributed by atoms with Gasteiger partial charge in [-0.25, -0.2) is 9.48 Å². The molecular weight excluding hydrogens is 392 g/mol. The number of thioether (sulfide) groups is 1. The highest BCUT2D eigenvalue weighted by Crippen LogP contribution is 2.39. The van der Waals surface area contributed by atoms with E-state index in [2.05, 4.69) is 22.0 Å². The summed E-state index contributed by atoms with van der Waals surface area (Å²) < 4.78 is 17.8. The van der Waals surface area contributed by atoms with Crippen molar-refractivity contribution in [1.29, 1.82) is 0 Å². The van der Waals surface area contributed by atoms with Crippen molar-refractivity contribution >= 4 is 23.7 Å². The molecule has 0 aliphatic carbocycles. The number of allylic oxidation sites excluding steroid dienone is 1. The molecule has 8 nitrogen and oxygen atoms in total. The van der Waals surface area contributed by atoms with Crippen molar-refractivity contribution < 1.29 is 19.0 Å². The summed E-state index contributed by atoms with van der Waals surface area (Å²) in [5.74, 6) is 2.12. The Morgan fingerprint density at radius 3 is 2.76 bits per heavy atom. The second-order valence-electron chi connectivity index (χ2n) is 6.16. The van der Waals surface area contributed by atoms with Crippen molar-refractivity contribution in [3.8, 4) is 11.5 Å². The van der Waals surface area contributed by atoms with Gasteiger partial charge in [-0.3, -0.25) is 0 Å². The molecule has 2 aromatic rings. The SMILES string of the molecule is C=CCOC(=O)C1=C(C)Nc2nc(SCC)nn2C1c1ccc(OC)c(OC)c1. The lowest BCUT2D eigenvalue weighted by molar-refractivity contribution is -0.138. The summed E-state index contributed by atoms with van der Waals surface area (Å²) >= 11 is 1.53. The van der Waals surface area contributed by atoms with Gasteiger partial charge in [-0.15, -0.1) is 5.10 Å². The fraction of sp³-hybridized carbons (Fsp3) is 0.350. The molecular formula is C20H24N4O4S. The van der Waals surface area contributed by atoms with Gasteiger partial charge in [0.15, 0.2) is 11.5 Å². The Bertz CT molecular complexity index is 954. The molecule has 29 heavy (non-hydrogen) atoms. The number of esters is 1. The second kappa shape index (κ2) is 9.04. The van der Waals surface area contributed by atoms with Gasteiger partial charge in [0.25, 0.3) is 0 Å². The highest BCUT2D eigenvalue weighted by molar-refractivity contribution is 7.99. The smallest absolute Gasteiger partial charge is 0.338 e. The second-order valence-corrected chi connectivity index (χ2v) is 7.39. The average molecular weight is 417 g/mol. The Morgan fingerprint density at radius 1 is 1.34 bits per heavy atom. The van der Waals surface area contributed by atoms with Gasteiger partial charge in [-0.1, -0.05) is 37.4 Å². The minimum Gasteiger partial charge on any atom is -0.493 e. The number of anilines is 1. The molecule has 154 valence electrons.